The third-order valence-corrected chi connectivity index (χ3v) is 4.36. The molecule has 0 aliphatic heterocycles. The molecule has 0 fully saturated rings. The lowest BCUT2D eigenvalue weighted by Crippen LogP contribution is -2.25. The van der Waals surface area contributed by atoms with Crippen molar-refractivity contribution in [1.29, 1.82) is 0 Å². The van der Waals surface area contributed by atoms with E-state index in [0.29, 0.717) is 24.4 Å². The van der Waals surface area contributed by atoms with Crippen LogP contribution in [-0.2, 0) is 13.0 Å². The lowest BCUT2D eigenvalue weighted by molar-refractivity contribution is 0.0953. The summed E-state index contributed by atoms with van der Waals surface area (Å²) in [5, 5.41) is 2.86. The third kappa shape index (κ3) is 3.56. The van der Waals surface area contributed by atoms with E-state index in [0.717, 1.165) is 6.42 Å². The van der Waals surface area contributed by atoms with Crippen LogP contribution in [0.5, 0.6) is 0 Å². The molecule has 18 heavy (non-hydrogen) atoms. The first-order chi connectivity index (χ1) is 8.69. The Morgan fingerprint density at radius 1 is 1.50 bits per heavy atom. The van der Waals surface area contributed by atoms with Gasteiger partial charge in [0.05, 0.1) is 15.0 Å². The van der Waals surface area contributed by atoms with Gasteiger partial charge in [0, 0.05) is 11.4 Å². The van der Waals surface area contributed by atoms with Crippen LogP contribution in [0.3, 0.4) is 0 Å². The number of nitrogens with one attached hydrogen (secondary N) is 1. The summed E-state index contributed by atoms with van der Waals surface area (Å²) in [5.41, 5.74) is 5.94. The van der Waals surface area contributed by atoms with Crippen LogP contribution in [0.2, 0.25) is 0 Å². The molecule has 6 heteroatoms. The van der Waals surface area contributed by atoms with Crippen molar-refractivity contribution in [3.05, 3.63) is 43.5 Å². The van der Waals surface area contributed by atoms with Crippen molar-refractivity contribution in [2.75, 3.05) is 6.54 Å². The van der Waals surface area contributed by atoms with Crippen LogP contribution >= 0.6 is 33.9 Å². The van der Waals surface area contributed by atoms with E-state index in [2.05, 4.69) is 40.0 Å². The number of carbonyl (C=O) groups is 1. The van der Waals surface area contributed by atoms with E-state index in [1.54, 1.807) is 17.4 Å². The van der Waals surface area contributed by atoms with Crippen molar-refractivity contribution in [2.24, 2.45) is 5.73 Å². The number of thiophene rings is 1. The zero-order valence-electron chi connectivity index (χ0n) is 9.61. The number of rotatable bonds is 5. The topological polar surface area (TPSA) is 68.3 Å². The molecule has 0 atom stereocenters. The fraction of sp³-hybridized carbons (Fsp3) is 0.250. The SMILES string of the molecule is NCc1cc(C(=O)NCCc2ccc(I)s2)co1. The minimum absolute atomic E-state index is 0.121. The highest BCUT2D eigenvalue weighted by Gasteiger charge is 2.09. The quantitative estimate of drug-likeness (QED) is 0.788. The van der Waals surface area contributed by atoms with E-state index in [9.17, 15) is 4.79 Å². The monoisotopic (exact) mass is 376 g/mol. The van der Waals surface area contributed by atoms with Gasteiger partial charge in [0.2, 0.25) is 0 Å². The molecule has 0 saturated heterocycles. The zero-order chi connectivity index (χ0) is 13.0. The normalized spacial score (nSPS) is 10.6. The highest BCUT2D eigenvalue weighted by atomic mass is 127. The molecule has 0 radical (unpaired) electrons. The average molecular weight is 376 g/mol. The smallest absolute Gasteiger partial charge is 0.254 e. The second-order valence-corrected chi connectivity index (χ2v) is 6.78. The Labute approximate surface area is 123 Å². The third-order valence-electron chi connectivity index (χ3n) is 2.40. The Kier molecular flexibility index (Phi) is 4.79. The number of carbonyl (C=O) groups excluding carboxylic acids is 1. The lowest BCUT2D eigenvalue weighted by Gasteiger charge is -2.01. The van der Waals surface area contributed by atoms with Crippen molar-refractivity contribution < 1.29 is 9.21 Å². The molecule has 0 aromatic carbocycles. The van der Waals surface area contributed by atoms with Crippen LogP contribution in [0.25, 0.3) is 0 Å². The molecule has 4 nitrogen and oxygen atoms in total. The fourth-order valence-corrected chi connectivity index (χ4v) is 3.25. The number of hydrogen-bond acceptors (Lipinski definition) is 4. The molecule has 0 unspecified atom stereocenters. The zero-order valence-corrected chi connectivity index (χ0v) is 12.6. The number of hydrogen-bond donors (Lipinski definition) is 2. The van der Waals surface area contributed by atoms with Crippen molar-refractivity contribution in [2.45, 2.75) is 13.0 Å². The molecule has 1 amide bonds. The highest BCUT2D eigenvalue weighted by Crippen LogP contribution is 2.18. The van der Waals surface area contributed by atoms with E-state index in [1.807, 2.05) is 0 Å². The summed E-state index contributed by atoms with van der Waals surface area (Å²) in [5.74, 6) is 0.498. The largest absolute Gasteiger partial charge is 0.467 e. The summed E-state index contributed by atoms with van der Waals surface area (Å²) in [6.45, 7) is 0.930. The summed E-state index contributed by atoms with van der Waals surface area (Å²) in [4.78, 5) is 13.0. The summed E-state index contributed by atoms with van der Waals surface area (Å²) >= 11 is 4.03. The van der Waals surface area contributed by atoms with Gasteiger partial charge in [0.1, 0.15) is 12.0 Å². The van der Waals surface area contributed by atoms with E-state index in [4.69, 9.17) is 10.2 Å². The Morgan fingerprint density at radius 2 is 2.33 bits per heavy atom. The van der Waals surface area contributed by atoms with Crippen LogP contribution in [0.4, 0.5) is 0 Å². The predicted octanol–water partition coefficient (Wildman–Crippen LogP) is 2.38. The first-order valence-corrected chi connectivity index (χ1v) is 7.38. The Balaban J connectivity index is 1.81. The van der Waals surface area contributed by atoms with Gasteiger partial charge >= 0.3 is 0 Å². The first kappa shape index (κ1) is 13.6. The van der Waals surface area contributed by atoms with E-state index in [1.165, 1.54) is 14.0 Å². The molecule has 2 aromatic rings. The van der Waals surface area contributed by atoms with E-state index in [-0.39, 0.29) is 5.91 Å². The molecule has 0 aliphatic carbocycles. The minimum Gasteiger partial charge on any atom is -0.467 e. The minimum atomic E-state index is -0.121. The van der Waals surface area contributed by atoms with Gasteiger partial charge in [-0.05, 0) is 47.2 Å². The molecule has 3 N–H and O–H groups in total. The highest BCUT2D eigenvalue weighted by molar-refractivity contribution is 14.1. The van der Waals surface area contributed by atoms with Crippen molar-refractivity contribution in [3.63, 3.8) is 0 Å². The Morgan fingerprint density at radius 3 is 2.94 bits per heavy atom. The number of furan rings is 1. The van der Waals surface area contributed by atoms with Gasteiger partial charge in [0.25, 0.3) is 5.91 Å². The van der Waals surface area contributed by atoms with Gasteiger partial charge in [-0.3, -0.25) is 4.79 Å². The van der Waals surface area contributed by atoms with Crippen LogP contribution in [0, 0.1) is 2.88 Å². The van der Waals surface area contributed by atoms with Crippen molar-refractivity contribution in [3.8, 4) is 0 Å². The number of halogens is 1. The maximum Gasteiger partial charge on any atom is 0.254 e. The van der Waals surface area contributed by atoms with Crippen LogP contribution in [0.1, 0.15) is 21.0 Å². The van der Waals surface area contributed by atoms with Gasteiger partial charge in [-0.1, -0.05) is 0 Å². The summed E-state index contributed by atoms with van der Waals surface area (Å²) in [6.07, 6.45) is 2.28. The molecule has 0 aliphatic rings. The van der Waals surface area contributed by atoms with Gasteiger partial charge < -0.3 is 15.5 Å². The fourth-order valence-electron chi connectivity index (χ4n) is 1.49. The van der Waals surface area contributed by atoms with E-state index < -0.39 is 0 Å². The van der Waals surface area contributed by atoms with Gasteiger partial charge in [0.15, 0.2) is 0 Å². The molecule has 2 rings (SSSR count). The van der Waals surface area contributed by atoms with Gasteiger partial charge in [-0.25, -0.2) is 0 Å². The predicted molar refractivity (Wildman–Crippen MR) is 79.7 cm³/mol. The average Bonchev–Trinajstić information content (AvgIpc) is 2.98. The van der Waals surface area contributed by atoms with Gasteiger partial charge in [-0.15, -0.1) is 11.3 Å². The summed E-state index contributed by atoms with van der Waals surface area (Å²) in [7, 11) is 0. The maximum absolute atomic E-state index is 11.8. The lowest BCUT2D eigenvalue weighted by atomic mass is 10.3. The standard InChI is InChI=1S/C12H13IN2O2S/c13-11-2-1-10(18-11)3-4-15-12(16)8-5-9(6-14)17-7-8/h1-2,5,7H,3-4,6,14H2,(H,15,16). The molecule has 0 spiro atoms. The second kappa shape index (κ2) is 6.35. The van der Waals surface area contributed by atoms with Crippen LogP contribution in [-0.4, -0.2) is 12.5 Å². The Bertz CT molecular complexity index is 536. The molecular formula is C12H13IN2O2S. The van der Waals surface area contributed by atoms with Crippen LogP contribution < -0.4 is 11.1 Å². The number of amides is 1. The van der Waals surface area contributed by atoms with E-state index >= 15 is 0 Å². The second-order valence-electron chi connectivity index (χ2n) is 3.72. The summed E-state index contributed by atoms with van der Waals surface area (Å²) < 4.78 is 6.38. The molecule has 0 bridgehead atoms. The van der Waals surface area contributed by atoms with Crippen molar-refractivity contribution in [1.82, 2.24) is 5.32 Å². The molecule has 0 saturated carbocycles. The molecule has 2 aromatic heterocycles. The van der Waals surface area contributed by atoms with Crippen LogP contribution in [0.15, 0.2) is 28.9 Å². The molecule has 2 heterocycles. The maximum atomic E-state index is 11.8. The molecular weight excluding hydrogens is 363 g/mol. The van der Waals surface area contributed by atoms with Gasteiger partial charge in [-0.2, -0.15) is 0 Å². The Hall–Kier alpha value is -0.860. The first-order valence-electron chi connectivity index (χ1n) is 5.49. The number of nitrogens with two attached hydrogens (primary N) is 1. The summed E-state index contributed by atoms with van der Waals surface area (Å²) in [6, 6.07) is 5.83. The van der Waals surface area contributed by atoms with Crippen molar-refractivity contribution >= 4 is 39.8 Å². The molecule has 96 valence electrons.